The maximum Gasteiger partial charge on any atom is 0.382 e. The summed E-state index contributed by atoms with van der Waals surface area (Å²) in [6.07, 6.45) is -2.38. The molecule has 0 aliphatic carbocycles. The van der Waals surface area contributed by atoms with Gasteiger partial charge in [-0.25, -0.2) is 14.4 Å². The first-order valence-electron chi connectivity index (χ1n) is 2.91. The number of aliphatic hydroxyl groups excluding tert-OH is 1. The number of carbonyl (C=O) groups is 3. The van der Waals surface area contributed by atoms with E-state index in [0.717, 1.165) is 0 Å². The van der Waals surface area contributed by atoms with Crippen LogP contribution in [0.4, 0.5) is 0 Å². The number of hydrogen-bond donors (Lipinski definition) is 3. The molecule has 0 spiro atoms. The van der Waals surface area contributed by atoms with Gasteiger partial charge in [0.1, 0.15) is 0 Å². The lowest BCUT2D eigenvalue weighted by Gasteiger charge is -2.03. The maximum absolute atomic E-state index is 10.4. The molecule has 0 amide bonds. The van der Waals surface area contributed by atoms with Gasteiger partial charge in [0, 0.05) is 0 Å². The lowest BCUT2D eigenvalue weighted by atomic mass is 10.4. The summed E-state index contributed by atoms with van der Waals surface area (Å²) in [6.45, 7) is -0.932. The zero-order valence-corrected chi connectivity index (χ0v) is 6.17. The number of carbonyl (C=O) groups excluding carboxylic acids is 1. The molecule has 0 saturated carbocycles. The van der Waals surface area contributed by atoms with Crippen molar-refractivity contribution in [3.05, 3.63) is 0 Å². The lowest BCUT2D eigenvalue weighted by molar-refractivity contribution is -0.276. The zero-order valence-electron chi connectivity index (χ0n) is 6.17. The molecule has 1 atom stereocenters. The van der Waals surface area contributed by atoms with Crippen LogP contribution in [0.5, 0.6) is 0 Å². The van der Waals surface area contributed by atoms with E-state index in [1.54, 1.807) is 0 Å². The van der Waals surface area contributed by atoms with Gasteiger partial charge in [-0.05, 0) is 0 Å². The quantitative estimate of drug-likeness (QED) is 0.260. The van der Waals surface area contributed by atoms with Crippen molar-refractivity contribution in [3.8, 4) is 0 Å². The van der Waals surface area contributed by atoms with Crippen LogP contribution in [0, 0.1) is 0 Å². The summed E-state index contributed by atoms with van der Waals surface area (Å²) in [4.78, 5) is 37.5. The molecule has 0 aromatic rings. The molecule has 0 aromatic heterocycles. The van der Waals surface area contributed by atoms with Crippen molar-refractivity contribution < 1.29 is 39.5 Å². The predicted molar refractivity (Wildman–Crippen MR) is 33.3 cm³/mol. The van der Waals surface area contributed by atoms with Crippen molar-refractivity contribution in [2.45, 2.75) is 6.10 Å². The minimum atomic E-state index is -2.38. The fourth-order valence-electron chi connectivity index (χ4n) is 0.284. The van der Waals surface area contributed by atoms with Crippen LogP contribution in [0.2, 0.25) is 0 Å². The van der Waals surface area contributed by atoms with Crippen molar-refractivity contribution in [2.75, 3.05) is 6.61 Å². The van der Waals surface area contributed by atoms with Gasteiger partial charge in [-0.2, -0.15) is 4.89 Å². The number of aliphatic carboxylic acids is 2. The second-order valence-electron chi connectivity index (χ2n) is 1.80. The second kappa shape index (κ2) is 5.06. The van der Waals surface area contributed by atoms with Gasteiger partial charge in [0.25, 0.3) is 6.10 Å². The molecule has 13 heavy (non-hydrogen) atoms. The summed E-state index contributed by atoms with van der Waals surface area (Å²) in [5.74, 6) is -4.81. The van der Waals surface area contributed by atoms with Crippen LogP contribution >= 0.6 is 0 Å². The molecule has 8 heteroatoms. The molecule has 0 radical (unpaired) electrons. The van der Waals surface area contributed by atoms with Gasteiger partial charge in [0.05, 0.1) is 0 Å². The summed E-state index contributed by atoms with van der Waals surface area (Å²) in [6, 6.07) is 0. The highest BCUT2D eigenvalue weighted by atomic mass is 17.2. The fourth-order valence-corrected chi connectivity index (χ4v) is 0.284. The van der Waals surface area contributed by atoms with Gasteiger partial charge in [0.15, 0.2) is 6.61 Å². The van der Waals surface area contributed by atoms with Gasteiger partial charge in [0.2, 0.25) is 0 Å². The van der Waals surface area contributed by atoms with Crippen molar-refractivity contribution in [1.29, 1.82) is 0 Å². The standard InChI is InChI=1S/C5H6O8/c6-2(7)1-12-13-5(11)3(8)4(9)10/h3,8H,1H2,(H,6,7)(H,9,10). The van der Waals surface area contributed by atoms with E-state index >= 15 is 0 Å². The topological polar surface area (TPSA) is 130 Å². The lowest BCUT2D eigenvalue weighted by Crippen LogP contribution is -2.31. The van der Waals surface area contributed by atoms with Crippen molar-refractivity contribution in [3.63, 3.8) is 0 Å². The summed E-state index contributed by atoms with van der Waals surface area (Å²) in [5, 5.41) is 24.5. The largest absolute Gasteiger partial charge is 0.479 e. The first-order chi connectivity index (χ1) is 5.95. The van der Waals surface area contributed by atoms with Gasteiger partial charge in [-0.3, -0.25) is 4.89 Å². The summed E-state index contributed by atoms with van der Waals surface area (Å²) in [7, 11) is 0. The number of aliphatic hydroxyl groups is 1. The summed E-state index contributed by atoms with van der Waals surface area (Å²) < 4.78 is 0. The predicted octanol–water partition coefficient (Wildman–Crippen LogP) is -2.01. The SMILES string of the molecule is O=C(O)COOC(=O)C(O)C(=O)O. The van der Waals surface area contributed by atoms with E-state index in [-0.39, 0.29) is 0 Å². The molecule has 0 fully saturated rings. The molecule has 0 aliphatic rings. The molecule has 0 rings (SSSR count). The Morgan fingerprint density at radius 3 is 2.15 bits per heavy atom. The Bertz CT molecular complexity index is 221. The minimum Gasteiger partial charge on any atom is -0.479 e. The van der Waals surface area contributed by atoms with E-state index in [0.29, 0.717) is 0 Å². The molecular formula is C5H6O8. The average Bonchev–Trinajstić information content (AvgIpc) is 2.02. The highest BCUT2D eigenvalue weighted by Gasteiger charge is 2.25. The Morgan fingerprint density at radius 1 is 1.23 bits per heavy atom. The minimum absolute atomic E-state index is 0.932. The van der Waals surface area contributed by atoms with Gasteiger partial charge in [-0.1, -0.05) is 0 Å². The molecule has 3 N–H and O–H groups in total. The molecule has 0 aromatic carbocycles. The number of carboxylic acids is 2. The third kappa shape index (κ3) is 4.71. The molecule has 8 nitrogen and oxygen atoms in total. The molecule has 1 unspecified atom stereocenters. The van der Waals surface area contributed by atoms with Crippen LogP contribution in [-0.2, 0) is 24.2 Å². The van der Waals surface area contributed by atoms with Crippen molar-refractivity contribution in [1.82, 2.24) is 0 Å². The van der Waals surface area contributed by atoms with Crippen LogP contribution < -0.4 is 0 Å². The molecule has 0 bridgehead atoms. The monoisotopic (exact) mass is 194 g/mol. The highest BCUT2D eigenvalue weighted by Crippen LogP contribution is 1.89. The van der Waals surface area contributed by atoms with Gasteiger partial charge in [-0.15, -0.1) is 0 Å². The number of rotatable bonds is 5. The van der Waals surface area contributed by atoms with E-state index in [4.69, 9.17) is 15.3 Å². The fraction of sp³-hybridized carbons (Fsp3) is 0.400. The Hall–Kier alpha value is -1.67. The number of hydrogen-bond acceptors (Lipinski definition) is 6. The molecule has 74 valence electrons. The molecule has 0 saturated heterocycles. The Labute approximate surface area is 71.2 Å². The van der Waals surface area contributed by atoms with Gasteiger partial charge >= 0.3 is 17.9 Å². The molecule has 0 heterocycles. The first kappa shape index (κ1) is 11.3. The van der Waals surface area contributed by atoms with E-state index in [9.17, 15) is 14.4 Å². The molecule has 0 aliphatic heterocycles. The zero-order chi connectivity index (χ0) is 10.4. The summed E-state index contributed by atoms with van der Waals surface area (Å²) >= 11 is 0. The second-order valence-corrected chi connectivity index (χ2v) is 1.80. The third-order valence-corrected chi connectivity index (χ3v) is 0.781. The average molecular weight is 194 g/mol. The van der Waals surface area contributed by atoms with E-state index < -0.39 is 30.6 Å². The van der Waals surface area contributed by atoms with E-state index in [1.807, 2.05) is 0 Å². The molecular weight excluding hydrogens is 188 g/mol. The normalized spacial score (nSPS) is 11.8. The Morgan fingerprint density at radius 2 is 1.77 bits per heavy atom. The van der Waals surface area contributed by atoms with Crippen molar-refractivity contribution in [2.24, 2.45) is 0 Å². The van der Waals surface area contributed by atoms with Crippen LogP contribution in [0.1, 0.15) is 0 Å². The summed E-state index contributed by atoms with van der Waals surface area (Å²) in [5.41, 5.74) is 0. The van der Waals surface area contributed by atoms with E-state index in [2.05, 4.69) is 9.78 Å². The first-order valence-corrected chi connectivity index (χ1v) is 2.91. The van der Waals surface area contributed by atoms with E-state index in [1.165, 1.54) is 0 Å². The maximum atomic E-state index is 10.4. The number of carboxylic acid groups (broad SMARTS) is 2. The third-order valence-electron chi connectivity index (χ3n) is 0.781. The van der Waals surface area contributed by atoms with Crippen molar-refractivity contribution >= 4 is 17.9 Å². The Balaban J connectivity index is 3.75. The van der Waals surface area contributed by atoms with Gasteiger partial charge < -0.3 is 15.3 Å². The van der Waals surface area contributed by atoms with Crippen LogP contribution in [0.3, 0.4) is 0 Å². The van der Waals surface area contributed by atoms with Crippen LogP contribution in [-0.4, -0.2) is 45.9 Å². The van der Waals surface area contributed by atoms with Crippen LogP contribution in [0.15, 0.2) is 0 Å². The highest BCUT2D eigenvalue weighted by molar-refractivity contribution is 5.96. The van der Waals surface area contributed by atoms with Crippen LogP contribution in [0.25, 0.3) is 0 Å². The smallest absolute Gasteiger partial charge is 0.382 e. The Kier molecular flexibility index (Phi) is 4.41.